The Kier molecular flexibility index (Phi) is 10.2. The molecule has 0 aliphatic heterocycles. The van der Waals surface area contributed by atoms with E-state index < -0.39 is 29.3 Å². The Hall–Kier alpha value is -4.13. The van der Waals surface area contributed by atoms with E-state index in [1.165, 1.54) is 0 Å². The van der Waals surface area contributed by atoms with Crippen LogP contribution in [0.1, 0.15) is 75.4 Å². The van der Waals surface area contributed by atoms with Gasteiger partial charge in [0.2, 0.25) is 5.91 Å². The van der Waals surface area contributed by atoms with E-state index in [2.05, 4.69) is 10.6 Å². The van der Waals surface area contributed by atoms with E-state index in [0.717, 1.165) is 22.3 Å². The summed E-state index contributed by atoms with van der Waals surface area (Å²) in [4.78, 5) is 43.5. The van der Waals surface area contributed by atoms with Crippen molar-refractivity contribution in [2.45, 2.75) is 92.0 Å². The second-order valence-electron chi connectivity index (χ2n) is 12.9. The molecule has 224 valence electrons. The highest BCUT2D eigenvalue weighted by molar-refractivity contribution is 5.99. The summed E-state index contributed by atoms with van der Waals surface area (Å²) in [5.74, 6) is -0.727. The molecule has 7 nitrogen and oxygen atoms in total. The molecule has 0 saturated carbocycles. The molecule has 0 aliphatic rings. The van der Waals surface area contributed by atoms with Crippen LogP contribution in [0.4, 0.5) is 10.5 Å². The van der Waals surface area contributed by atoms with Crippen molar-refractivity contribution in [1.82, 2.24) is 10.2 Å². The van der Waals surface area contributed by atoms with Gasteiger partial charge < -0.3 is 20.3 Å². The van der Waals surface area contributed by atoms with Crippen molar-refractivity contribution in [1.29, 1.82) is 0 Å². The summed E-state index contributed by atoms with van der Waals surface area (Å²) >= 11 is 0. The van der Waals surface area contributed by atoms with Crippen LogP contribution in [-0.4, -0.2) is 40.0 Å². The van der Waals surface area contributed by atoms with Crippen LogP contribution in [0, 0.1) is 20.8 Å². The van der Waals surface area contributed by atoms with Crippen LogP contribution in [-0.2, 0) is 20.7 Å². The first kappa shape index (κ1) is 32.4. The number of anilines is 1. The van der Waals surface area contributed by atoms with E-state index in [4.69, 9.17) is 4.74 Å². The quantitative estimate of drug-likeness (QED) is 0.303. The van der Waals surface area contributed by atoms with Gasteiger partial charge in [-0.2, -0.15) is 0 Å². The molecule has 2 unspecified atom stereocenters. The summed E-state index contributed by atoms with van der Waals surface area (Å²) in [6.07, 6.45) is -0.470. The monoisotopic (exact) mass is 571 g/mol. The number of para-hydroxylation sites is 1. The van der Waals surface area contributed by atoms with E-state index in [-0.39, 0.29) is 18.2 Å². The standard InChI is InChI=1S/C35H45N3O4/c1-23-19-24(2)21-27(20-23)30(31(39)36-28-18-14-13-15-25(28)3)38(34(4,5)6)32(40)29(22-26-16-11-10-12-17-26)37-33(41)42-35(7,8)9/h10-21,29-30H,22H2,1-9H3,(H,36,39)(H,37,41). The molecule has 2 N–H and O–H groups in total. The lowest BCUT2D eigenvalue weighted by atomic mass is 9.92. The van der Waals surface area contributed by atoms with Crippen LogP contribution in [0.5, 0.6) is 0 Å². The molecule has 0 spiro atoms. The van der Waals surface area contributed by atoms with Gasteiger partial charge in [-0.3, -0.25) is 9.59 Å². The van der Waals surface area contributed by atoms with E-state index in [0.29, 0.717) is 11.3 Å². The lowest BCUT2D eigenvalue weighted by Gasteiger charge is -2.43. The summed E-state index contributed by atoms with van der Waals surface area (Å²) < 4.78 is 5.54. The number of aryl methyl sites for hydroxylation is 3. The first-order valence-corrected chi connectivity index (χ1v) is 14.4. The smallest absolute Gasteiger partial charge is 0.408 e. The van der Waals surface area contributed by atoms with Crippen LogP contribution in [0.3, 0.4) is 0 Å². The molecule has 0 fully saturated rings. The van der Waals surface area contributed by atoms with E-state index in [9.17, 15) is 14.4 Å². The van der Waals surface area contributed by atoms with Gasteiger partial charge in [-0.1, -0.05) is 77.9 Å². The van der Waals surface area contributed by atoms with Crippen LogP contribution in [0.25, 0.3) is 0 Å². The highest BCUT2D eigenvalue weighted by atomic mass is 16.6. The van der Waals surface area contributed by atoms with Gasteiger partial charge in [0.05, 0.1) is 0 Å². The average molecular weight is 572 g/mol. The maximum Gasteiger partial charge on any atom is 0.408 e. The largest absolute Gasteiger partial charge is 0.444 e. The molecule has 3 amide bonds. The topological polar surface area (TPSA) is 87.7 Å². The maximum absolute atomic E-state index is 14.7. The second kappa shape index (κ2) is 13.2. The molecule has 0 radical (unpaired) electrons. The third-order valence-electron chi connectivity index (χ3n) is 6.70. The van der Waals surface area contributed by atoms with E-state index in [1.54, 1.807) is 25.7 Å². The molecule has 3 aromatic carbocycles. The zero-order chi connectivity index (χ0) is 31.2. The molecule has 2 atom stereocenters. The normalized spacial score (nSPS) is 13.1. The summed E-state index contributed by atoms with van der Waals surface area (Å²) in [5.41, 5.74) is 3.56. The molecule has 42 heavy (non-hydrogen) atoms. The Morgan fingerprint density at radius 2 is 1.38 bits per heavy atom. The number of hydrogen-bond acceptors (Lipinski definition) is 4. The molecule has 7 heteroatoms. The summed E-state index contributed by atoms with van der Waals surface area (Å²) in [5, 5.41) is 5.89. The Bertz CT molecular complexity index is 1380. The van der Waals surface area contributed by atoms with Crippen molar-refractivity contribution >= 4 is 23.6 Å². The van der Waals surface area contributed by atoms with Crippen molar-refractivity contribution < 1.29 is 19.1 Å². The van der Waals surface area contributed by atoms with Gasteiger partial charge in [0.1, 0.15) is 17.7 Å². The lowest BCUT2D eigenvalue weighted by molar-refractivity contribution is -0.146. The predicted octanol–water partition coefficient (Wildman–Crippen LogP) is 7.05. The Morgan fingerprint density at radius 3 is 1.93 bits per heavy atom. The van der Waals surface area contributed by atoms with Gasteiger partial charge in [-0.25, -0.2) is 4.79 Å². The number of benzene rings is 3. The average Bonchev–Trinajstić information content (AvgIpc) is 2.86. The van der Waals surface area contributed by atoms with Gasteiger partial charge in [-0.15, -0.1) is 0 Å². The second-order valence-corrected chi connectivity index (χ2v) is 12.9. The van der Waals surface area contributed by atoms with Crippen molar-refractivity contribution in [2.75, 3.05) is 5.32 Å². The van der Waals surface area contributed by atoms with Crippen LogP contribution < -0.4 is 10.6 Å². The Morgan fingerprint density at radius 1 is 0.810 bits per heavy atom. The highest BCUT2D eigenvalue weighted by Gasteiger charge is 2.42. The summed E-state index contributed by atoms with van der Waals surface area (Å²) in [6, 6.07) is 21.0. The van der Waals surface area contributed by atoms with Crippen LogP contribution in [0.15, 0.2) is 72.8 Å². The third kappa shape index (κ3) is 8.93. The molecular weight excluding hydrogens is 526 g/mol. The molecule has 0 heterocycles. The van der Waals surface area contributed by atoms with Crippen molar-refractivity contribution in [3.8, 4) is 0 Å². The number of nitrogens with one attached hydrogen (secondary N) is 2. The van der Waals surface area contributed by atoms with Gasteiger partial charge in [0.25, 0.3) is 5.91 Å². The number of alkyl carbamates (subject to hydrolysis) is 1. The molecule has 0 aliphatic carbocycles. The molecule has 0 bridgehead atoms. The zero-order valence-corrected chi connectivity index (χ0v) is 26.4. The molecule has 3 aromatic rings. The summed E-state index contributed by atoms with van der Waals surface area (Å²) in [7, 11) is 0. The van der Waals surface area contributed by atoms with Crippen molar-refractivity contribution in [2.24, 2.45) is 0 Å². The van der Waals surface area contributed by atoms with Gasteiger partial charge >= 0.3 is 6.09 Å². The lowest BCUT2D eigenvalue weighted by Crippen LogP contribution is -2.58. The third-order valence-corrected chi connectivity index (χ3v) is 6.70. The van der Waals surface area contributed by atoms with Crippen LogP contribution >= 0.6 is 0 Å². The first-order valence-electron chi connectivity index (χ1n) is 14.4. The SMILES string of the molecule is Cc1cc(C)cc(C(C(=O)Nc2ccccc2C)N(C(=O)C(Cc2ccccc2)NC(=O)OC(C)(C)C)C(C)(C)C)c1. The number of ether oxygens (including phenoxy) is 1. The molecule has 3 rings (SSSR count). The zero-order valence-electron chi connectivity index (χ0n) is 26.4. The number of rotatable bonds is 8. The van der Waals surface area contributed by atoms with E-state index >= 15 is 0 Å². The summed E-state index contributed by atoms with van der Waals surface area (Å²) in [6.45, 7) is 16.9. The Balaban J connectivity index is 2.14. The number of amides is 3. The Labute approximate surface area is 250 Å². The van der Waals surface area contributed by atoms with Crippen molar-refractivity contribution in [3.05, 3.63) is 101 Å². The number of nitrogens with zero attached hydrogens (tertiary/aromatic N) is 1. The number of carbonyl (C=O) groups is 3. The van der Waals surface area contributed by atoms with Gasteiger partial charge in [0.15, 0.2) is 0 Å². The fourth-order valence-electron chi connectivity index (χ4n) is 5.01. The molecule has 0 saturated heterocycles. The molecule has 0 aromatic heterocycles. The minimum Gasteiger partial charge on any atom is -0.444 e. The fourth-order valence-corrected chi connectivity index (χ4v) is 5.01. The maximum atomic E-state index is 14.7. The van der Waals surface area contributed by atoms with E-state index in [1.807, 2.05) is 114 Å². The minimum atomic E-state index is -0.985. The fraction of sp³-hybridized carbons (Fsp3) is 0.400. The van der Waals surface area contributed by atoms with Gasteiger partial charge in [0, 0.05) is 17.6 Å². The van der Waals surface area contributed by atoms with Crippen molar-refractivity contribution in [3.63, 3.8) is 0 Å². The highest BCUT2D eigenvalue weighted by Crippen LogP contribution is 2.33. The molecular formula is C35H45N3O4. The van der Waals surface area contributed by atoms with Crippen LogP contribution in [0.2, 0.25) is 0 Å². The predicted molar refractivity (Wildman–Crippen MR) is 168 cm³/mol. The first-order chi connectivity index (χ1) is 19.5. The number of hydrogen-bond donors (Lipinski definition) is 2. The minimum absolute atomic E-state index is 0.227. The number of carbonyl (C=O) groups excluding carboxylic acids is 3. The van der Waals surface area contributed by atoms with Gasteiger partial charge in [-0.05, 0) is 85.1 Å².